The second-order valence-corrected chi connectivity index (χ2v) is 7.67. The SMILES string of the molecule is CCNC(=NCC(c1cccc(F)c1)N1CCOCC1)NCCCN1CCOCC1.I. The molecule has 1 atom stereocenters. The molecule has 0 saturated carbocycles. The van der Waals surface area contributed by atoms with Crippen LogP contribution in [0.15, 0.2) is 29.3 Å². The molecule has 2 fully saturated rings. The monoisotopic (exact) mass is 549 g/mol. The van der Waals surface area contributed by atoms with Gasteiger partial charge in [-0.3, -0.25) is 14.8 Å². The summed E-state index contributed by atoms with van der Waals surface area (Å²) in [5, 5.41) is 6.78. The number of benzene rings is 1. The molecule has 176 valence electrons. The maximum Gasteiger partial charge on any atom is 0.191 e. The van der Waals surface area contributed by atoms with Gasteiger partial charge in [-0.1, -0.05) is 12.1 Å². The fourth-order valence-electron chi connectivity index (χ4n) is 3.89. The number of aliphatic imine (C=N–C) groups is 1. The number of hydrogen-bond acceptors (Lipinski definition) is 5. The molecule has 0 radical (unpaired) electrons. The van der Waals surface area contributed by atoms with Crippen molar-refractivity contribution in [3.8, 4) is 0 Å². The Bertz CT molecular complexity index is 655. The van der Waals surface area contributed by atoms with Gasteiger partial charge in [0.05, 0.1) is 39.0 Å². The van der Waals surface area contributed by atoms with Gasteiger partial charge in [-0.05, 0) is 37.6 Å². The lowest BCUT2D eigenvalue weighted by atomic mass is 10.0. The van der Waals surface area contributed by atoms with Crippen LogP contribution in [0.2, 0.25) is 0 Å². The van der Waals surface area contributed by atoms with E-state index in [4.69, 9.17) is 14.5 Å². The van der Waals surface area contributed by atoms with Crippen LogP contribution in [0.5, 0.6) is 0 Å². The largest absolute Gasteiger partial charge is 0.379 e. The summed E-state index contributed by atoms with van der Waals surface area (Å²) in [7, 11) is 0. The van der Waals surface area contributed by atoms with Crippen molar-refractivity contribution in [2.45, 2.75) is 19.4 Å². The van der Waals surface area contributed by atoms with Gasteiger partial charge in [-0.25, -0.2) is 4.39 Å². The summed E-state index contributed by atoms with van der Waals surface area (Å²) in [5.74, 6) is 0.608. The minimum atomic E-state index is -0.206. The van der Waals surface area contributed by atoms with E-state index in [2.05, 4.69) is 27.4 Å². The lowest BCUT2D eigenvalue weighted by Crippen LogP contribution is -2.42. The second kappa shape index (κ2) is 14.9. The molecule has 0 bridgehead atoms. The molecule has 0 spiro atoms. The lowest BCUT2D eigenvalue weighted by Gasteiger charge is -2.34. The van der Waals surface area contributed by atoms with Gasteiger partial charge in [0.1, 0.15) is 5.82 Å². The number of ether oxygens (including phenoxy) is 2. The normalized spacial score (nSPS) is 19.5. The topological polar surface area (TPSA) is 61.4 Å². The molecule has 1 aromatic carbocycles. The van der Waals surface area contributed by atoms with Crippen LogP contribution in [0.4, 0.5) is 4.39 Å². The van der Waals surface area contributed by atoms with Crippen LogP contribution in [-0.2, 0) is 9.47 Å². The molecule has 2 aliphatic heterocycles. The number of nitrogens with zero attached hydrogens (tertiary/aromatic N) is 3. The summed E-state index contributed by atoms with van der Waals surface area (Å²) in [6.07, 6.45) is 1.06. The van der Waals surface area contributed by atoms with Gasteiger partial charge in [0.25, 0.3) is 0 Å². The maximum atomic E-state index is 13.9. The predicted molar refractivity (Wildman–Crippen MR) is 133 cm³/mol. The standard InChI is InChI=1S/C22H36FN5O2.HI/c1-2-24-22(25-7-4-8-27-9-13-29-14-10-27)26-18-21(28-11-15-30-16-12-28)19-5-3-6-20(23)17-19;/h3,5-6,17,21H,2,4,7-16,18H2,1H3,(H2,24,25,26);1H. The molecule has 31 heavy (non-hydrogen) atoms. The molecule has 1 aromatic rings. The summed E-state index contributed by atoms with van der Waals surface area (Å²) in [4.78, 5) is 9.61. The van der Waals surface area contributed by atoms with Crippen molar-refractivity contribution in [1.29, 1.82) is 0 Å². The van der Waals surface area contributed by atoms with E-state index in [-0.39, 0.29) is 35.8 Å². The summed E-state index contributed by atoms with van der Waals surface area (Å²) >= 11 is 0. The van der Waals surface area contributed by atoms with Crippen molar-refractivity contribution in [3.63, 3.8) is 0 Å². The van der Waals surface area contributed by atoms with Gasteiger partial charge in [0.15, 0.2) is 5.96 Å². The van der Waals surface area contributed by atoms with Gasteiger partial charge in [0.2, 0.25) is 0 Å². The van der Waals surface area contributed by atoms with Crippen molar-refractivity contribution >= 4 is 29.9 Å². The zero-order valence-electron chi connectivity index (χ0n) is 18.5. The molecule has 2 aliphatic rings. The molecule has 3 rings (SSSR count). The van der Waals surface area contributed by atoms with E-state index in [1.54, 1.807) is 12.1 Å². The number of morpholine rings is 2. The molecule has 2 saturated heterocycles. The molecule has 1 unspecified atom stereocenters. The van der Waals surface area contributed by atoms with Gasteiger partial charge in [-0.2, -0.15) is 0 Å². The van der Waals surface area contributed by atoms with Crippen molar-refractivity contribution < 1.29 is 13.9 Å². The van der Waals surface area contributed by atoms with Crippen LogP contribution < -0.4 is 10.6 Å². The Morgan fingerprint density at radius 1 is 1.10 bits per heavy atom. The molecule has 0 aromatic heterocycles. The third-order valence-electron chi connectivity index (χ3n) is 5.53. The molecule has 2 heterocycles. The quantitative estimate of drug-likeness (QED) is 0.213. The van der Waals surface area contributed by atoms with E-state index >= 15 is 0 Å². The lowest BCUT2D eigenvalue weighted by molar-refractivity contribution is 0.0179. The fourth-order valence-corrected chi connectivity index (χ4v) is 3.89. The first kappa shape index (κ1) is 26.2. The molecule has 0 amide bonds. The van der Waals surface area contributed by atoms with Gasteiger partial charge in [0, 0.05) is 39.3 Å². The third-order valence-corrected chi connectivity index (χ3v) is 5.53. The fraction of sp³-hybridized carbons (Fsp3) is 0.682. The Morgan fingerprint density at radius 3 is 2.48 bits per heavy atom. The molecular weight excluding hydrogens is 512 g/mol. The third kappa shape index (κ3) is 9.17. The van der Waals surface area contributed by atoms with Gasteiger partial charge in [-0.15, -0.1) is 24.0 Å². The smallest absolute Gasteiger partial charge is 0.191 e. The Balaban J connectivity index is 0.00000341. The van der Waals surface area contributed by atoms with Crippen molar-refractivity contribution in [3.05, 3.63) is 35.6 Å². The number of guanidine groups is 1. The number of halogens is 2. The van der Waals surface area contributed by atoms with E-state index in [0.717, 1.165) is 77.0 Å². The number of nitrogens with one attached hydrogen (secondary N) is 2. The Labute approximate surface area is 202 Å². The second-order valence-electron chi connectivity index (χ2n) is 7.67. The van der Waals surface area contributed by atoms with E-state index in [0.29, 0.717) is 19.8 Å². The zero-order chi connectivity index (χ0) is 21.0. The molecule has 7 nitrogen and oxygen atoms in total. The van der Waals surface area contributed by atoms with Crippen molar-refractivity contribution in [1.82, 2.24) is 20.4 Å². The highest BCUT2D eigenvalue weighted by molar-refractivity contribution is 14.0. The van der Waals surface area contributed by atoms with Crippen LogP contribution in [0, 0.1) is 5.82 Å². The van der Waals surface area contributed by atoms with Gasteiger partial charge >= 0.3 is 0 Å². The molecule has 2 N–H and O–H groups in total. The Morgan fingerprint density at radius 2 is 1.81 bits per heavy atom. The average molecular weight is 549 g/mol. The molecular formula is C22H37FIN5O2. The predicted octanol–water partition coefficient (Wildman–Crippen LogP) is 2.09. The minimum Gasteiger partial charge on any atom is -0.379 e. The Hall–Kier alpha value is -1.01. The van der Waals surface area contributed by atoms with Crippen molar-refractivity contribution in [2.75, 3.05) is 78.8 Å². The maximum absolute atomic E-state index is 13.9. The van der Waals surface area contributed by atoms with Crippen LogP contribution in [0.1, 0.15) is 24.9 Å². The number of rotatable bonds is 9. The van der Waals surface area contributed by atoms with Crippen LogP contribution in [0.25, 0.3) is 0 Å². The summed E-state index contributed by atoms with van der Waals surface area (Å²) < 4.78 is 24.8. The first-order valence-corrected chi connectivity index (χ1v) is 11.2. The highest BCUT2D eigenvalue weighted by atomic mass is 127. The average Bonchev–Trinajstić information content (AvgIpc) is 2.78. The molecule has 9 heteroatoms. The van der Waals surface area contributed by atoms with Crippen molar-refractivity contribution in [2.24, 2.45) is 4.99 Å². The zero-order valence-corrected chi connectivity index (χ0v) is 20.9. The highest BCUT2D eigenvalue weighted by Crippen LogP contribution is 2.23. The summed E-state index contributed by atoms with van der Waals surface area (Å²) in [6, 6.07) is 6.91. The highest BCUT2D eigenvalue weighted by Gasteiger charge is 2.23. The number of hydrogen-bond donors (Lipinski definition) is 2. The van der Waals surface area contributed by atoms with E-state index in [1.165, 1.54) is 6.07 Å². The summed E-state index contributed by atoms with van der Waals surface area (Å²) in [6.45, 7) is 12.1. The van der Waals surface area contributed by atoms with E-state index < -0.39 is 0 Å². The molecule has 0 aliphatic carbocycles. The minimum absolute atomic E-state index is 0. The van der Waals surface area contributed by atoms with Crippen LogP contribution >= 0.6 is 24.0 Å². The Kier molecular flexibility index (Phi) is 12.6. The summed E-state index contributed by atoms with van der Waals surface area (Å²) in [5.41, 5.74) is 0.962. The van der Waals surface area contributed by atoms with Gasteiger partial charge < -0.3 is 20.1 Å². The first-order valence-electron chi connectivity index (χ1n) is 11.2. The first-order chi connectivity index (χ1) is 14.8. The van der Waals surface area contributed by atoms with Crippen LogP contribution in [-0.4, -0.2) is 94.5 Å². The van der Waals surface area contributed by atoms with E-state index in [9.17, 15) is 4.39 Å². The van der Waals surface area contributed by atoms with Crippen LogP contribution in [0.3, 0.4) is 0 Å². The van der Waals surface area contributed by atoms with E-state index in [1.807, 2.05) is 6.07 Å².